The molecule has 0 saturated heterocycles. The van der Waals surface area contributed by atoms with Gasteiger partial charge in [-0.1, -0.05) is 32.0 Å². The highest BCUT2D eigenvalue weighted by Crippen LogP contribution is 2.21. The van der Waals surface area contributed by atoms with Crippen LogP contribution in [0.4, 0.5) is 0 Å². The summed E-state index contributed by atoms with van der Waals surface area (Å²) in [6.45, 7) is 5.19. The molecule has 0 saturated carbocycles. The number of nitrogens with one attached hydrogen (secondary N) is 2. The van der Waals surface area contributed by atoms with E-state index < -0.39 is 0 Å². The van der Waals surface area contributed by atoms with Gasteiger partial charge in [0.2, 0.25) is 0 Å². The van der Waals surface area contributed by atoms with Crippen LogP contribution in [0.3, 0.4) is 0 Å². The lowest BCUT2D eigenvalue weighted by Gasteiger charge is -2.06. The Kier molecular flexibility index (Phi) is 1.83. The molecule has 2 rings (SSSR count). The van der Waals surface area contributed by atoms with Crippen molar-refractivity contribution in [1.82, 2.24) is 5.32 Å². The first-order valence-electron chi connectivity index (χ1n) is 4.64. The lowest BCUT2D eigenvalue weighted by atomic mass is 9.98. The Bertz CT molecular complexity index is 353. The van der Waals surface area contributed by atoms with Crippen molar-refractivity contribution in [2.75, 3.05) is 0 Å². The molecule has 0 amide bonds. The Balaban J connectivity index is 2.45. The van der Waals surface area contributed by atoms with E-state index in [4.69, 9.17) is 5.41 Å². The second-order valence-electron chi connectivity index (χ2n) is 3.80. The van der Waals surface area contributed by atoms with Crippen LogP contribution in [-0.2, 0) is 6.54 Å². The summed E-state index contributed by atoms with van der Waals surface area (Å²) in [5.74, 6) is 1.13. The summed E-state index contributed by atoms with van der Waals surface area (Å²) in [4.78, 5) is 0. The molecule has 0 fully saturated rings. The van der Waals surface area contributed by atoms with E-state index in [1.54, 1.807) is 0 Å². The van der Waals surface area contributed by atoms with Crippen molar-refractivity contribution in [3.05, 3.63) is 34.9 Å². The Morgan fingerprint density at radius 1 is 1.38 bits per heavy atom. The van der Waals surface area contributed by atoms with Crippen LogP contribution in [0.25, 0.3) is 0 Å². The monoisotopic (exact) mass is 174 g/mol. The summed E-state index contributed by atoms with van der Waals surface area (Å²) in [5, 5.41) is 10.6. The summed E-state index contributed by atoms with van der Waals surface area (Å²) >= 11 is 0. The van der Waals surface area contributed by atoms with E-state index in [0.717, 1.165) is 12.1 Å². The predicted octanol–water partition coefficient (Wildman–Crippen LogP) is 2.24. The zero-order valence-corrected chi connectivity index (χ0v) is 8.02. The summed E-state index contributed by atoms with van der Waals surface area (Å²) < 4.78 is 0. The smallest absolute Gasteiger partial charge is 0.126 e. The Labute approximate surface area is 78.5 Å². The van der Waals surface area contributed by atoms with Gasteiger partial charge in [-0.25, -0.2) is 0 Å². The third-order valence-electron chi connectivity index (χ3n) is 2.52. The van der Waals surface area contributed by atoms with Gasteiger partial charge >= 0.3 is 0 Å². The van der Waals surface area contributed by atoms with Gasteiger partial charge in [-0.2, -0.15) is 0 Å². The molecule has 0 aliphatic carbocycles. The summed E-state index contributed by atoms with van der Waals surface area (Å²) in [6, 6.07) is 6.37. The number of rotatable bonds is 1. The van der Waals surface area contributed by atoms with Gasteiger partial charge in [0.05, 0.1) is 0 Å². The van der Waals surface area contributed by atoms with E-state index >= 15 is 0 Å². The third-order valence-corrected chi connectivity index (χ3v) is 2.52. The maximum Gasteiger partial charge on any atom is 0.126 e. The maximum absolute atomic E-state index is 7.60. The van der Waals surface area contributed by atoms with Crippen LogP contribution in [0.1, 0.15) is 36.5 Å². The fraction of sp³-hybridized carbons (Fsp3) is 0.364. The molecule has 0 spiro atoms. The van der Waals surface area contributed by atoms with Crippen molar-refractivity contribution in [3.8, 4) is 0 Å². The van der Waals surface area contributed by atoms with Crippen LogP contribution in [0, 0.1) is 5.41 Å². The molecule has 1 aliphatic rings. The zero-order valence-electron chi connectivity index (χ0n) is 8.02. The Morgan fingerprint density at radius 2 is 2.15 bits per heavy atom. The van der Waals surface area contributed by atoms with Gasteiger partial charge in [0.15, 0.2) is 0 Å². The second kappa shape index (κ2) is 2.87. The molecule has 2 heteroatoms. The molecule has 1 aliphatic heterocycles. The molecule has 0 bridgehead atoms. The van der Waals surface area contributed by atoms with Crippen molar-refractivity contribution in [2.24, 2.45) is 0 Å². The molecule has 13 heavy (non-hydrogen) atoms. The lowest BCUT2D eigenvalue weighted by molar-refractivity contribution is 0.860. The number of hydrogen-bond acceptors (Lipinski definition) is 1. The van der Waals surface area contributed by atoms with Gasteiger partial charge < -0.3 is 5.32 Å². The average Bonchev–Trinajstić information content (AvgIpc) is 2.47. The van der Waals surface area contributed by atoms with Gasteiger partial charge in [-0.15, -0.1) is 0 Å². The summed E-state index contributed by atoms with van der Waals surface area (Å²) in [5.41, 5.74) is 3.68. The van der Waals surface area contributed by atoms with Crippen LogP contribution < -0.4 is 5.32 Å². The first kappa shape index (κ1) is 8.30. The number of fused-ring (bicyclic) bond motifs is 1. The molecule has 68 valence electrons. The van der Waals surface area contributed by atoms with E-state index in [0.29, 0.717) is 11.8 Å². The summed E-state index contributed by atoms with van der Waals surface area (Å²) in [7, 11) is 0. The highest BCUT2D eigenvalue weighted by Gasteiger charge is 2.15. The second-order valence-corrected chi connectivity index (χ2v) is 3.80. The summed E-state index contributed by atoms with van der Waals surface area (Å²) in [6.07, 6.45) is 0. The normalized spacial score (nSPS) is 14.5. The van der Waals surface area contributed by atoms with Gasteiger partial charge in [0, 0.05) is 12.1 Å². The standard InChI is InChI=1S/C11H14N2/c1-7(2)8-3-4-10-9(5-8)6-13-11(10)12/h3-5,7H,6H2,1-2H3,(H2,12,13). The van der Waals surface area contributed by atoms with Crippen molar-refractivity contribution in [3.63, 3.8) is 0 Å². The first-order chi connectivity index (χ1) is 6.18. The molecular formula is C11H14N2. The maximum atomic E-state index is 7.60. The minimum Gasteiger partial charge on any atom is -0.366 e. The third kappa shape index (κ3) is 1.32. The molecular weight excluding hydrogens is 160 g/mol. The molecule has 1 aromatic carbocycles. The van der Waals surface area contributed by atoms with Crippen molar-refractivity contribution >= 4 is 5.84 Å². The molecule has 2 nitrogen and oxygen atoms in total. The highest BCUT2D eigenvalue weighted by molar-refractivity contribution is 6.00. The van der Waals surface area contributed by atoms with Gasteiger partial charge in [0.25, 0.3) is 0 Å². The zero-order chi connectivity index (χ0) is 9.42. The van der Waals surface area contributed by atoms with Crippen molar-refractivity contribution in [1.29, 1.82) is 5.41 Å². The molecule has 1 aromatic rings. The Morgan fingerprint density at radius 3 is 2.85 bits per heavy atom. The number of amidine groups is 1. The van der Waals surface area contributed by atoms with Crippen LogP contribution in [0.15, 0.2) is 18.2 Å². The first-order valence-corrected chi connectivity index (χ1v) is 4.64. The van der Waals surface area contributed by atoms with Crippen LogP contribution in [0.5, 0.6) is 0 Å². The predicted molar refractivity (Wildman–Crippen MR) is 54.2 cm³/mol. The highest BCUT2D eigenvalue weighted by atomic mass is 15.0. The van der Waals surface area contributed by atoms with Crippen LogP contribution >= 0.6 is 0 Å². The van der Waals surface area contributed by atoms with Gasteiger partial charge in [-0.05, 0) is 17.0 Å². The molecule has 0 atom stereocenters. The molecule has 0 aromatic heterocycles. The SMILES string of the molecule is CC(C)c1ccc2c(c1)CNC2=N. The Hall–Kier alpha value is -1.31. The topological polar surface area (TPSA) is 35.9 Å². The van der Waals surface area contributed by atoms with Crippen molar-refractivity contribution in [2.45, 2.75) is 26.3 Å². The largest absolute Gasteiger partial charge is 0.366 e. The number of benzene rings is 1. The molecule has 0 radical (unpaired) electrons. The molecule has 0 unspecified atom stereocenters. The number of hydrogen-bond donors (Lipinski definition) is 2. The van der Waals surface area contributed by atoms with Crippen LogP contribution in [0.2, 0.25) is 0 Å². The van der Waals surface area contributed by atoms with E-state index in [1.165, 1.54) is 11.1 Å². The van der Waals surface area contributed by atoms with Crippen molar-refractivity contribution < 1.29 is 0 Å². The van der Waals surface area contributed by atoms with Gasteiger partial charge in [0.1, 0.15) is 5.84 Å². The fourth-order valence-electron chi connectivity index (χ4n) is 1.64. The fourth-order valence-corrected chi connectivity index (χ4v) is 1.64. The lowest BCUT2D eigenvalue weighted by Crippen LogP contribution is -2.12. The molecule has 2 N–H and O–H groups in total. The average molecular weight is 174 g/mol. The van der Waals surface area contributed by atoms with Gasteiger partial charge in [-0.3, -0.25) is 5.41 Å². The minimum atomic E-state index is 0.560. The van der Waals surface area contributed by atoms with E-state index in [9.17, 15) is 0 Å². The van der Waals surface area contributed by atoms with Crippen LogP contribution in [-0.4, -0.2) is 5.84 Å². The van der Waals surface area contributed by atoms with E-state index in [1.807, 2.05) is 6.07 Å². The quantitative estimate of drug-likeness (QED) is 0.673. The van der Waals surface area contributed by atoms with E-state index in [2.05, 4.69) is 31.3 Å². The van der Waals surface area contributed by atoms with E-state index in [-0.39, 0.29) is 0 Å². The minimum absolute atomic E-state index is 0.560. The molecule has 1 heterocycles.